The second-order valence-corrected chi connectivity index (χ2v) is 4.94. The summed E-state index contributed by atoms with van der Waals surface area (Å²) in [7, 11) is 0. The van der Waals surface area contributed by atoms with E-state index in [2.05, 4.69) is 5.32 Å². The molecule has 0 aromatic carbocycles. The fraction of sp³-hybridized carbons (Fsp3) is 0.833. The number of halogens is 2. The van der Waals surface area contributed by atoms with Crippen LogP contribution in [0.5, 0.6) is 0 Å². The van der Waals surface area contributed by atoms with Crippen molar-refractivity contribution in [1.29, 1.82) is 0 Å². The van der Waals surface area contributed by atoms with Crippen molar-refractivity contribution < 1.29 is 28.6 Å². The van der Waals surface area contributed by atoms with E-state index >= 15 is 0 Å². The molecular weight excluding hydrogens is 260 g/mol. The molecule has 0 aromatic heterocycles. The standard InChI is InChI=1S/C12H19F2NO4/c1-2-6-3-7(8(4-6)12(18)19)11(17)15-5-9(16)10(13)14/h6-10,16H,2-5H2,1H3,(H,15,17)(H,18,19)/t6?,7-,8+,9?/m0/s1. The molecule has 1 amide bonds. The summed E-state index contributed by atoms with van der Waals surface area (Å²) in [6.45, 7) is 1.36. The molecule has 0 radical (unpaired) electrons. The average molecular weight is 279 g/mol. The number of amides is 1. The van der Waals surface area contributed by atoms with Gasteiger partial charge in [-0.2, -0.15) is 0 Å². The van der Waals surface area contributed by atoms with E-state index in [0.717, 1.165) is 6.42 Å². The Labute approximate surface area is 110 Å². The van der Waals surface area contributed by atoms with Crippen LogP contribution in [-0.4, -0.2) is 41.2 Å². The van der Waals surface area contributed by atoms with Crippen molar-refractivity contribution in [3.8, 4) is 0 Å². The third kappa shape index (κ3) is 4.12. The first-order valence-electron chi connectivity index (χ1n) is 6.33. The van der Waals surface area contributed by atoms with Crippen molar-refractivity contribution in [3.63, 3.8) is 0 Å². The first-order valence-corrected chi connectivity index (χ1v) is 6.33. The lowest BCUT2D eigenvalue weighted by Crippen LogP contribution is -2.41. The third-order valence-electron chi connectivity index (χ3n) is 3.67. The van der Waals surface area contributed by atoms with Crippen molar-refractivity contribution in [3.05, 3.63) is 0 Å². The van der Waals surface area contributed by atoms with Crippen molar-refractivity contribution in [2.24, 2.45) is 17.8 Å². The Balaban J connectivity index is 2.56. The zero-order chi connectivity index (χ0) is 14.6. The summed E-state index contributed by atoms with van der Waals surface area (Å²) in [6.07, 6.45) is -3.18. The molecule has 4 atom stereocenters. The molecule has 0 heterocycles. The largest absolute Gasteiger partial charge is 0.481 e. The smallest absolute Gasteiger partial charge is 0.307 e. The number of carbonyl (C=O) groups excluding carboxylic acids is 1. The Kier molecular flexibility index (Phi) is 5.65. The molecule has 1 rings (SSSR count). The fourth-order valence-corrected chi connectivity index (χ4v) is 2.46. The first kappa shape index (κ1) is 15.8. The number of rotatable bonds is 6. The van der Waals surface area contributed by atoms with Gasteiger partial charge in [-0.15, -0.1) is 0 Å². The highest BCUT2D eigenvalue weighted by molar-refractivity contribution is 5.85. The Hall–Kier alpha value is -1.24. The predicted octanol–water partition coefficient (Wildman–Crippen LogP) is 0.866. The van der Waals surface area contributed by atoms with Crippen LogP contribution in [0.25, 0.3) is 0 Å². The molecular formula is C12H19F2NO4. The SMILES string of the molecule is CCC1C[C@H](C(=O)NCC(O)C(F)F)[C@H](C(=O)O)C1. The van der Waals surface area contributed by atoms with Gasteiger partial charge in [-0.1, -0.05) is 13.3 Å². The molecule has 0 saturated heterocycles. The zero-order valence-corrected chi connectivity index (χ0v) is 10.7. The number of carbonyl (C=O) groups is 2. The number of nitrogens with one attached hydrogen (secondary N) is 1. The number of aliphatic carboxylic acids is 1. The van der Waals surface area contributed by atoms with Crippen LogP contribution in [0.15, 0.2) is 0 Å². The van der Waals surface area contributed by atoms with E-state index in [1.54, 1.807) is 0 Å². The summed E-state index contributed by atoms with van der Waals surface area (Å²) in [5.41, 5.74) is 0. The minimum absolute atomic E-state index is 0.164. The molecule has 2 unspecified atom stereocenters. The van der Waals surface area contributed by atoms with Crippen LogP contribution >= 0.6 is 0 Å². The van der Waals surface area contributed by atoms with Gasteiger partial charge in [-0.3, -0.25) is 9.59 Å². The molecule has 1 aliphatic rings. The average Bonchev–Trinajstić information content (AvgIpc) is 2.79. The topological polar surface area (TPSA) is 86.6 Å². The molecule has 1 saturated carbocycles. The van der Waals surface area contributed by atoms with Gasteiger partial charge in [-0.25, -0.2) is 8.78 Å². The molecule has 0 aromatic rings. The molecule has 0 spiro atoms. The van der Waals surface area contributed by atoms with Gasteiger partial charge in [0, 0.05) is 6.54 Å². The summed E-state index contributed by atoms with van der Waals surface area (Å²) < 4.78 is 24.2. The van der Waals surface area contributed by atoms with Crippen LogP contribution in [-0.2, 0) is 9.59 Å². The van der Waals surface area contributed by atoms with Gasteiger partial charge < -0.3 is 15.5 Å². The van der Waals surface area contributed by atoms with Gasteiger partial charge >= 0.3 is 5.97 Å². The van der Waals surface area contributed by atoms with Gasteiger partial charge in [0.1, 0.15) is 6.10 Å². The monoisotopic (exact) mass is 279 g/mol. The van der Waals surface area contributed by atoms with E-state index in [0.29, 0.717) is 12.8 Å². The van der Waals surface area contributed by atoms with Crippen LogP contribution in [0.4, 0.5) is 8.78 Å². The van der Waals surface area contributed by atoms with Crippen molar-refractivity contribution in [1.82, 2.24) is 5.32 Å². The molecule has 19 heavy (non-hydrogen) atoms. The number of aliphatic hydroxyl groups excluding tert-OH is 1. The summed E-state index contributed by atoms with van der Waals surface area (Å²) in [5, 5.41) is 20.2. The fourth-order valence-electron chi connectivity index (χ4n) is 2.46. The lowest BCUT2D eigenvalue weighted by molar-refractivity contribution is -0.146. The number of hydrogen-bond acceptors (Lipinski definition) is 3. The number of alkyl halides is 2. The van der Waals surface area contributed by atoms with Crippen molar-refractivity contribution >= 4 is 11.9 Å². The van der Waals surface area contributed by atoms with Gasteiger partial charge in [0.25, 0.3) is 6.43 Å². The molecule has 7 heteroatoms. The predicted molar refractivity (Wildman–Crippen MR) is 62.7 cm³/mol. The Morgan fingerprint density at radius 1 is 1.32 bits per heavy atom. The molecule has 5 nitrogen and oxygen atoms in total. The quantitative estimate of drug-likeness (QED) is 0.673. The Bertz CT molecular complexity index is 338. The zero-order valence-electron chi connectivity index (χ0n) is 10.7. The lowest BCUT2D eigenvalue weighted by Gasteiger charge is -2.17. The molecule has 3 N–H and O–H groups in total. The highest BCUT2D eigenvalue weighted by Crippen LogP contribution is 2.38. The Morgan fingerprint density at radius 2 is 1.89 bits per heavy atom. The van der Waals surface area contributed by atoms with Crippen LogP contribution in [0.2, 0.25) is 0 Å². The number of carboxylic acids is 1. The number of hydrogen-bond donors (Lipinski definition) is 3. The summed E-state index contributed by atoms with van der Waals surface area (Å²) in [6, 6.07) is 0. The normalized spacial score (nSPS) is 28.4. The maximum Gasteiger partial charge on any atom is 0.307 e. The van der Waals surface area contributed by atoms with Crippen LogP contribution in [0, 0.1) is 17.8 Å². The maximum atomic E-state index is 12.1. The van der Waals surface area contributed by atoms with Gasteiger partial charge in [0.2, 0.25) is 5.91 Å². The molecule has 1 aliphatic carbocycles. The van der Waals surface area contributed by atoms with Gasteiger partial charge in [0.15, 0.2) is 0 Å². The molecule has 0 aliphatic heterocycles. The highest BCUT2D eigenvalue weighted by Gasteiger charge is 2.42. The second kappa shape index (κ2) is 6.79. The van der Waals surface area contributed by atoms with Gasteiger partial charge in [0.05, 0.1) is 11.8 Å². The molecule has 0 bridgehead atoms. The van der Waals surface area contributed by atoms with E-state index in [1.165, 1.54) is 0 Å². The Morgan fingerprint density at radius 3 is 2.37 bits per heavy atom. The minimum atomic E-state index is -2.93. The molecule has 110 valence electrons. The first-order chi connectivity index (χ1) is 8.86. The summed E-state index contributed by atoms with van der Waals surface area (Å²) in [5.74, 6) is -2.91. The minimum Gasteiger partial charge on any atom is -0.481 e. The van der Waals surface area contributed by atoms with E-state index < -0.39 is 42.8 Å². The number of aliphatic hydroxyl groups is 1. The second-order valence-electron chi connectivity index (χ2n) is 4.94. The molecule has 1 fully saturated rings. The van der Waals surface area contributed by atoms with Crippen molar-refractivity contribution in [2.75, 3.05) is 6.54 Å². The van der Waals surface area contributed by atoms with Gasteiger partial charge in [-0.05, 0) is 18.8 Å². The third-order valence-corrected chi connectivity index (χ3v) is 3.67. The van der Waals surface area contributed by atoms with Crippen LogP contribution < -0.4 is 5.32 Å². The van der Waals surface area contributed by atoms with E-state index in [4.69, 9.17) is 10.2 Å². The maximum absolute atomic E-state index is 12.1. The van der Waals surface area contributed by atoms with Crippen LogP contribution in [0.1, 0.15) is 26.2 Å². The summed E-state index contributed by atoms with van der Waals surface area (Å²) in [4.78, 5) is 22.9. The number of carboxylic acid groups (broad SMARTS) is 1. The van der Waals surface area contributed by atoms with Crippen LogP contribution in [0.3, 0.4) is 0 Å². The van der Waals surface area contributed by atoms with E-state index in [9.17, 15) is 18.4 Å². The lowest BCUT2D eigenvalue weighted by atomic mass is 9.95. The summed E-state index contributed by atoms with van der Waals surface area (Å²) >= 11 is 0. The van der Waals surface area contributed by atoms with E-state index in [-0.39, 0.29) is 5.92 Å². The van der Waals surface area contributed by atoms with Crippen molar-refractivity contribution in [2.45, 2.75) is 38.7 Å². The highest BCUT2D eigenvalue weighted by atomic mass is 19.3. The van der Waals surface area contributed by atoms with E-state index in [1.807, 2.05) is 6.92 Å².